The molecular weight excluding hydrogens is 240 g/mol. The minimum Gasteiger partial charge on any atom is -0.496 e. The van der Waals surface area contributed by atoms with Gasteiger partial charge in [-0.1, -0.05) is 42.5 Å². The van der Waals surface area contributed by atoms with E-state index in [-0.39, 0.29) is 5.97 Å². The van der Waals surface area contributed by atoms with E-state index < -0.39 is 0 Å². The maximum atomic E-state index is 11.7. The zero-order valence-corrected chi connectivity index (χ0v) is 11.1. The van der Waals surface area contributed by atoms with E-state index in [1.165, 1.54) is 12.7 Å². The highest BCUT2D eigenvalue weighted by molar-refractivity contribution is 5.93. The minimum atomic E-state index is -0.383. The minimum absolute atomic E-state index is 0.383. The number of ether oxygens (including phenoxy) is 2. The molecule has 19 heavy (non-hydrogen) atoms. The van der Waals surface area contributed by atoms with Gasteiger partial charge in [-0.05, 0) is 17.2 Å². The third-order valence-electron chi connectivity index (χ3n) is 2.94. The summed E-state index contributed by atoms with van der Waals surface area (Å²) in [5.41, 5.74) is 2.60. The van der Waals surface area contributed by atoms with E-state index in [1.54, 1.807) is 13.2 Å². The van der Waals surface area contributed by atoms with Gasteiger partial charge in [0.05, 0.1) is 14.2 Å². The summed E-state index contributed by atoms with van der Waals surface area (Å²) in [6.45, 7) is 0. The van der Waals surface area contributed by atoms with E-state index in [1.807, 2.05) is 42.5 Å². The predicted octanol–water partition coefficient (Wildman–Crippen LogP) is 3.07. The highest BCUT2D eigenvalue weighted by atomic mass is 16.5. The molecule has 0 aromatic heterocycles. The number of benzene rings is 2. The largest absolute Gasteiger partial charge is 0.496 e. The zero-order chi connectivity index (χ0) is 13.7. The van der Waals surface area contributed by atoms with Crippen molar-refractivity contribution >= 4 is 5.97 Å². The monoisotopic (exact) mass is 256 g/mol. The van der Waals surface area contributed by atoms with E-state index in [9.17, 15) is 4.79 Å². The molecule has 0 N–H and O–H groups in total. The Bertz CT molecular complexity index is 561. The van der Waals surface area contributed by atoms with E-state index in [0.29, 0.717) is 11.3 Å². The van der Waals surface area contributed by atoms with Crippen molar-refractivity contribution in [2.75, 3.05) is 14.2 Å². The molecule has 0 fully saturated rings. The molecule has 0 amide bonds. The van der Waals surface area contributed by atoms with Gasteiger partial charge in [-0.15, -0.1) is 0 Å². The highest BCUT2D eigenvalue weighted by Gasteiger charge is 2.15. The summed E-state index contributed by atoms with van der Waals surface area (Å²) in [6.07, 6.45) is 0.717. The van der Waals surface area contributed by atoms with Gasteiger partial charge in [0.2, 0.25) is 0 Å². The van der Waals surface area contributed by atoms with Gasteiger partial charge >= 0.3 is 5.97 Å². The van der Waals surface area contributed by atoms with Gasteiger partial charge in [-0.2, -0.15) is 0 Å². The van der Waals surface area contributed by atoms with Crippen LogP contribution in [-0.2, 0) is 11.2 Å². The predicted molar refractivity (Wildman–Crippen MR) is 73.6 cm³/mol. The van der Waals surface area contributed by atoms with Crippen LogP contribution in [0.2, 0.25) is 0 Å². The van der Waals surface area contributed by atoms with Crippen LogP contribution in [-0.4, -0.2) is 20.2 Å². The molecule has 2 aromatic rings. The lowest BCUT2D eigenvalue weighted by atomic mass is 10.0. The Morgan fingerprint density at radius 3 is 2.37 bits per heavy atom. The fourth-order valence-electron chi connectivity index (χ4n) is 2.05. The Morgan fingerprint density at radius 1 is 1.00 bits per heavy atom. The van der Waals surface area contributed by atoms with Crippen LogP contribution >= 0.6 is 0 Å². The van der Waals surface area contributed by atoms with Crippen molar-refractivity contribution in [3.05, 3.63) is 65.2 Å². The quantitative estimate of drug-likeness (QED) is 0.789. The summed E-state index contributed by atoms with van der Waals surface area (Å²) in [7, 11) is 2.93. The first kappa shape index (κ1) is 13.1. The van der Waals surface area contributed by atoms with Crippen molar-refractivity contribution < 1.29 is 14.3 Å². The SMILES string of the molecule is COC(=O)c1cccc(Cc2ccccc2)c1OC. The first-order valence-electron chi connectivity index (χ1n) is 6.04. The second-order valence-corrected chi connectivity index (χ2v) is 4.15. The number of rotatable bonds is 4. The van der Waals surface area contributed by atoms with Crippen LogP contribution < -0.4 is 4.74 Å². The average molecular weight is 256 g/mol. The number of hydrogen-bond acceptors (Lipinski definition) is 3. The molecule has 0 aliphatic rings. The number of hydrogen-bond donors (Lipinski definition) is 0. The van der Waals surface area contributed by atoms with Crippen molar-refractivity contribution in [3.8, 4) is 5.75 Å². The maximum Gasteiger partial charge on any atom is 0.341 e. The third kappa shape index (κ3) is 2.94. The Hall–Kier alpha value is -2.29. The van der Waals surface area contributed by atoms with Crippen LogP contribution in [0.25, 0.3) is 0 Å². The van der Waals surface area contributed by atoms with E-state index in [2.05, 4.69) is 0 Å². The number of esters is 1. The van der Waals surface area contributed by atoms with Crippen LogP contribution in [0.5, 0.6) is 5.75 Å². The van der Waals surface area contributed by atoms with Crippen LogP contribution in [0, 0.1) is 0 Å². The van der Waals surface area contributed by atoms with Gasteiger partial charge in [0.25, 0.3) is 0 Å². The maximum absolute atomic E-state index is 11.7. The molecule has 98 valence electrons. The summed E-state index contributed by atoms with van der Waals surface area (Å²) < 4.78 is 10.1. The normalized spacial score (nSPS) is 10.0. The van der Waals surface area contributed by atoms with E-state index in [0.717, 1.165) is 12.0 Å². The van der Waals surface area contributed by atoms with Gasteiger partial charge in [0, 0.05) is 6.42 Å². The molecule has 2 aromatic carbocycles. The van der Waals surface area contributed by atoms with E-state index >= 15 is 0 Å². The Labute approximate surface area is 112 Å². The summed E-state index contributed by atoms with van der Waals surface area (Å²) in [5.74, 6) is 0.199. The molecule has 0 unspecified atom stereocenters. The molecule has 3 heteroatoms. The molecule has 0 saturated carbocycles. The number of para-hydroxylation sites is 1. The highest BCUT2D eigenvalue weighted by Crippen LogP contribution is 2.26. The zero-order valence-electron chi connectivity index (χ0n) is 11.1. The average Bonchev–Trinajstić information content (AvgIpc) is 2.47. The fraction of sp³-hybridized carbons (Fsp3) is 0.188. The van der Waals surface area contributed by atoms with Gasteiger partial charge in [0.1, 0.15) is 11.3 Å². The molecule has 0 saturated heterocycles. The Kier molecular flexibility index (Phi) is 4.18. The molecule has 0 bridgehead atoms. The number of carbonyl (C=O) groups excluding carboxylic acids is 1. The number of carbonyl (C=O) groups is 1. The van der Waals surface area contributed by atoms with E-state index in [4.69, 9.17) is 9.47 Å². The smallest absolute Gasteiger partial charge is 0.341 e. The summed E-state index contributed by atoms with van der Waals surface area (Å²) in [4.78, 5) is 11.7. The van der Waals surface area contributed by atoms with Crippen molar-refractivity contribution in [2.24, 2.45) is 0 Å². The van der Waals surface area contributed by atoms with Gasteiger partial charge in [-0.25, -0.2) is 4.79 Å². The lowest BCUT2D eigenvalue weighted by Crippen LogP contribution is -2.06. The van der Waals surface area contributed by atoms with Gasteiger partial charge in [0.15, 0.2) is 0 Å². The second-order valence-electron chi connectivity index (χ2n) is 4.15. The summed E-state index contributed by atoms with van der Waals surface area (Å²) in [5, 5.41) is 0. The molecule has 3 nitrogen and oxygen atoms in total. The Morgan fingerprint density at radius 2 is 1.74 bits per heavy atom. The standard InChI is InChI=1S/C16H16O3/c1-18-15-13(11-12-7-4-3-5-8-12)9-6-10-14(15)16(17)19-2/h3-10H,11H2,1-2H3. The molecule has 0 aliphatic carbocycles. The molecule has 0 atom stereocenters. The number of methoxy groups -OCH3 is 2. The van der Waals surface area contributed by atoms with Crippen LogP contribution in [0.3, 0.4) is 0 Å². The fourth-order valence-corrected chi connectivity index (χ4v) is 2.05. The third-order valence-corrected chi connectivity index (χ3v) is 2.94. The molecule has 0 aliphatic heterocycles. The van der Waals surface area contributed by atoms with Crippen LogP contribution in [0.1, 0.15) is 21.5 Å². The van der Waals surface area contributed by atoms with Crippen LogP contribution in [0.15, 0.2) is 48.5 Å². The first-order valence-corrected chi connectivity index (χ1v) is 6.04. The van der Waals surface area contributed by atoms with Gasteiger partial charge < -0.3 is 9.47 Å². The lowest BCUT2D eigenvalue weighted by Gasteiger charge is -2.12. The molecular formula is C16H16O3. The van der Waals surface area contributed by atoms with Gasteiger partial charge in [-0.3, -0.25) is 0 Å². The van der Waals surface area contributed by atoms with Crippen LogP contribution in [0.4, 0.5) is 0 Å². The summed E-state index contributed by atoms with van der Waals surface area (Å²) >= 11 is 0. The molecule has 2 rings (SSSR count). The van der Waals surface area contributed by atoms with Crippen molar-refractivity contribution in [2.45, 2.75) is 6.42 Å². The van der Waals surface area contributed by atoms with Crippen molar-refractivity contribution in [1.29, 1.82) is 0 Å². The topological polar surface area (TPSA) is 35.5 Å². The molecule has 0 radical (unpaired) electrons. The lowest BCUT2D eigenvalue weighted by molar-refractivity contribution is 0.0597. The molecule has 0 heterocycles. The first-order chi connectivity index (χ1) is 9.26. The Balaban J connectivity index is 2.38. The van der Waals surface area contributed by atoms with Crippen molar-refractivity contribution in [3.63, 3.8) is 0 Å². The molecule has 0 spiro atoms. The summed E-state index contributed by atoms with van der Waals surface area (Å²) in [6, 6.07) is 15.6. The van der Waals surface area contributed by atoms with Crippen molar-refractivity contribution in [1.82, 2.24) is 0 Å². The second kappa shape index (κ2) is 6.05.